The van der Waals surface area contributed by atoms with Crippen molar-refractivity contribution < 1.29 is 0 Å². The molecule has 0 unspecified atom stereocenters. The van der Waals surface area contributed by atoms with Crippen molar-refractivity contribution >= 4 is 22.7 Å². The van der Waals surface area contributed by atoms with E-state index in [2.05, 4.69) is 20.5 Å². The van der Waals surface area contributed by atoms with Crippen LogP contribution in [-0.2, 0) is 12.9 Å². The van der Waals surface area contributed by atoms with E-state index in [1.54, 1.807) is 12.1 Å². The molecule has 0 atom stereocenters. The molecule has 1 aromatic carbocycles. The predicted octanol–water partition coefficient (Wildman–Crippen LogP) is 0.978. The highest BCUT2D eigenvalue weighted by molar-refractivity contribution is 7.98. The fraction of sp³-hybridized carbons (Fsp3) is 0.250. The van der Waals surface area contributed by atoms with E-state index in [-0.39, 0.29) is 5.56 Å². The second-order valence-electron chi connectivity index (χ2n) is 4.27. The maximum atomic E-state index is 12.2. The van der Waals surface area contributed by atoms with Crippen LogP contribution in [0.4, 0.5) is 0 Å². The van der Waals surface area contributed by atoms with Gasteiger partial charge in [-0.3, -0.25) is 4.79 Å². The lowest BCUT2D eigenvalue weighted by Gasteiger charge is -2.04. The Morgan fingerprint density at radius 2 is 2.00 bits per heavy atom. The molecule has 0 bridgehead atoms. The molecule has 0 aliphatic heterocycles. The topological polar surface area (TPSA) is 78.5 Å². The quantitative estimate of drug-likeness (QED) is 0.668. The van der Waals surface area contributed by atoms with E-state index < -0.39 is 0 Å². The van der Waals surface area contributed by atoms with Crippen LogP contribution in [-0.4, -0.2) is 29.8 Å². The van der Waals surface area contributed by atoms with Gasteiger partial charge in [-0.25, -0.2) is 0 Å². The van der Waals surface area contributed by atoms with Gasteiger partial charge < -0.3 is 4.57 Å². The van der Waals surface area contributed by atoms with E-state index in [0.29, 0.717) is 16.8 Å². The molecular formula is C12H12N6OS. The van der Waals surface area contributed by atoms with Crippen LogP contribution in [0, 0.1) is 6.92 Å². The lowest BCUT2D eigenvalue weighted by atomic mass is 10.2. The normalized spacial score (nSPS) is 11.1. The molecule has 2 heterocycles. The molecule has 0 radical (unpaired) electrons. The Bertz CT molecular complexity index is 824. The Hall–Kier alpha value is -2.22. The average molecular weight is 288 g/mol. The van der Waals surface area contributed by atoms with Gasteiger partial charge in [-0.05, 0) is 19.1 Å². The van der Waals surface area contributed by atoms with Crippen molar-refractivity contribution in [3.8, 4) is 0 Å². The summed E-state index contributed by atoms with van der Waals surface area (Å²) in [5.74, 6) is 1.17. The highest BCUT2D eigenvalue weighted by Crippen LogP contribution is 2.16. The lowest BCUT2D eigenvalue weighted by molar-refractivity contribution is 0.641. The number of hydrogen-bond donors (Lipinski definition) is 0. The second kappa shape index (κ2) is 5.04. The number of fused-ring (bicyclic) bond motifs is 1. The molecule has 0 aliphatic carbocycles. The first-order valence-corrected chi connectivity index (χ1v) is 6.96. The van der Waals surface area contributed by atoms with Crippen molar-refractivity contribution in [2.24, 2.45) is 7.05 Å². The van der Waals surface area contributed by atoms with E-state index in [0.717, 1.165) is 11.0 Å². The number of nitrogens with zero attached hydrogens (tertiary/aromatic N) is 6. The Labute approximate surface area is 118 Å². The SMILES string of the molecule is Cc1nnc(SCn2nnc3ccccc3c2=O)n1C. The molecule has 20 heavy (non-hydrogen) atoms. The molecule has 3 aromatic rings. The van der Waals surface area contributed by atoms with Gasteiger partial charge >= 0.3 is 0 Å². The Balaban J connectivity index is 1.90. The molecule has 7 nitrogen and oxygen atoms in total. The molecule has 0 N–H and O–H groups in total. The van der Waals surface area contributed by atoms with Gasteiger partial charge in [0.1, 0.15) is 11.3 Å². The number of rotatable bonds is 3. The third kappa shape index (κ3) is 2.18. The number of aromatic nitrogens is 6. The zero-order valence-corrected chi connectivity index (χ0v) is 11.8. The largest absolute Gasteiger partial charge is 0.309 e. The van der Waals surface area contributed by atoms with E-state index >= 15 is 0 Å². The van der Waals surface area contributed by atoms with Crippen molar-refractivity contribution in [3.05, 3.63) is 40.4 Å². The molecule has 8 heteroatoms. The highest BCUT2D eigenvalue weighted by Gasteiger charge is 2.09. The minimum Gasteiger partial charge on any atom is -0.309 e. The van der Waals surface area contributed by atoms with E-state index in [9.17, 15) is 4.79 Å². The third-order valence-electron chi connectivity index (χ3n) is 3.00. The average Bonchev–Trinajstić information content (AvgIpc) is 2.79. The summed E-state index contributed by atoms with van der Waals surface area (Å²) in [7, 11) is 1.88. The van der Waals surface area contributed by atoms with Gasteiger partial charge in [-0.1, -0.05) is 29.1 Å². The number of aryl methyl sites for hydroxylation is 1. The maximum absolute atomic E-state index is 12.2. The first kappa shape index (κ1) is 12.8. The van der Waals surface area contributed by atoms with Crippen LogP contribution in [0.1, 0.15) is 5.82 Å². The highest BCUT2D eigenvalue weighted by atomic mass is 32.2. The fourth-order valence-corrected chi connectivity index (χ4v) is 2.57. The molecule has 0 fully saturated rings. The van der Waals surface area contributed by atoms with Gasteiger partial charge in [-0.15, -0.1) is 15.3 Å². The zero-order valence-electron chi connectivity index (χ0n) is 11.0. The number of benzene rings is 1. The first-order chi connectivity index (χ1) is 9.66. The molecule has 3 rings (SSSR count). The van der Waals surface area contributed by atoms with Crippen LogP contribution in [0.2, 0.25) is 0 Å². The minimum atomic E-state index is -0.151. The maximum Gasteiger partial charge on any atom is 0.278 e. The third-order valence-corrected chi connectivity index (χ3v) is 3.99. The van der Waals surface area contributed by atoms with Crippen LogP contribution in [0.5, 0.6) is 0 Å². The summed E-state index contributed by atoms with van der Waals surface area (Å²) in [6, 6.07) is 7.17. The van der Waals surface area contributed by atoms with Gasteiger partial charge in [0.15, 0.2) is 5.16 Å². The smallest absolute Gasteiger partial charge is 0.278 e. The predicted molar refractivity (Wildman–Crippen MR) is 75.4 cm³/mol. The lowest BCUT2D eigenvalue weighted by Crippen LogP contribution is -2.23. The monoisotopic (exact) mass is 288 g/mol. The molecule has 0 aliphatic rings. The molecule has 2 aromatic heterocycles. The van der Waals surface area contributed by atoms with Crippen molar-refractivity contribution in [2.75, 3.05) is 0 Å². The molecular weight excluding hydrogens is 276 g/mol. The van der Waals surface area contributed by atoms with Crippen LogP contribution < -0.4 is 5.56 Å². The summed E-state index contributed by atoms with van der Waals surface area (Å²) in [4.78, 5) is 12.2. The molecule has 0 amide bonds. The number of thioether (sulfide) groups is 1. The second-order valence-corrected chi connectivity index (χ2v) is 5.19. The summed E-state index contributed by atoms with van der Waals surface area (Å²) in [5.41, 5.74) is 0.454. The minimum absolute atomic E-state index is 0.151. The van der Waals surface area contributed by atoms with Crippen LogP contribution in [0.25, 0.3) is 10.9 Å². The van der Waals surface area contributed by atoms with Gasteiger partial charge in [0.25, 0.3) is 5.56 Å². The van der Waals surface area contributed by atoms with Crippen molar-refractivity contribution in [3.63, 3.8) is 0 Å². The summed E-state index contributed by atoms with van der Waals surface area (Å²) in [6.07, 6.45) is 0. The summed E-state index contributed by atoms with van der Waals surface area (Å²) >= 11 is 1.39. The van der Waals surface area contributed by atoms with Crippen LogP contribution in [0.15, 0.2) is 34.2 Å². The van der Waals surface area contributed by atoms with Crippen molar-refractivity contribution in [1.29, 1.82) is 0 Å². The van der Waals surface area contributed by atoms with Gasteiger partial charge in [0.2, 0.25) is 0 Å². The summed E-state index contributed by atoms with van der Waals surface area (Å²) in [6.45, 7) is 1.87. The van der Waals surface area contributed by atoms with Gasteiger partial charge in [0, 0.05) is 7.05 Å². The summed E-state index contributed by atoms with van der Waals surface area (Å²) < 4.78 is 3.20. The van der Waals surface area contributed by atoms with E-state index in [1.165, 1.54) is 16.4 Å². The van der Waals surface area contributed by atoms with Gasteiger partial charge in [0.05, 0.1) is 11.3 Å². The van der Waals surface area contributed by atoms with Crippen molar-refractivity contribution in [1.82, 2.24) is 29.8 Å². The van der Waals surface area contributed by atoms with E-state index in [1.807, 2.05) is 30.7 Å². The fourth-order valence-electron chi connectivity index (χ4n) is 1.74. The molecule has 0 saturated carbocycles. The number of hydrogen-bond acceptors (Lipinski definition) is 6. The zero-order chi connectivity index (χ0) is 14.1. The van der Waals surface area contributed by atoms with Crippen LogP contribution >= 0.6 is 11.8 Å². The van der Waals surface area contributed by atoms with Crippen LogP contribution in [0.3, 0.4) is 0 Å². The molecule has 102 valence electrons. The Kier molecular flexibility index (Phi) is 3.23. The van der Waals surface area contributed by atoms with Crippen molar-refractivity contribution in [2.45, 2.75) is 18.0 Å². The first-order valence-electron chi connectivity index (χ1n) is 5.98. The Morgan fingerprint density at radius 3 is 2.75 bits per heavy atom. The van der Waals surface area contributed by atoms with Gasteiger partial charge in [-0.2, -0.15) is 4.68 Å². The molecule has 0 spiro atoms. The molecule has 0 saturated heterocycles. The standard InChI is InChI=1S/C12H12N6OS/c1-8-13-15-12(17(8)2)20-7-18-11(19)9-5-3-4-6-10(9)14-16-18/h3-6H,7H2,1-2H3. The van der Waals surface area contributed by atoms with E-state index in [4.69, 9.17) is 0 Å². The summed E-state index contributed by atoms with van der Waals surface area (Å²) in [5, 5.41) is 17.3. The Morgan fingerprint density at radius 1 is 1.20 bits per heavy atom.